The molecule has 2 fully saturated rings. The topological polar surface area (TPSA) is 56.6 Å². The Bertz CT molecular complexity index is 689. The second kappa shape index (κ2) is 11.6. The average molecular weight is 414 g/mol. The largest absolute Gasteiger partial charge is 0.374 e. The first kappa shape index (κ1) is 23.0. The number of rotatable bonds is 10. The summed E-state index contributed by atoms with van der Waals surface area (Å²) in [6.45, 7) is 10.4. The second-order valence-electron chi connectivity index (χ2n) is 8.83. The first-order chi connectivity index (χ1) is 14.6. The molecule has 30 heavy (non-hydrogen) atoms. The van der Waals surface area contributed by atoms with Crippen LogP contribution in [-0.4, -0.2) is 62.3 Å². The number of piperazine rings is 1. The molecular weight excluding hydrogens is 374 g/mol. The highest BCUT2D eigenvalue weighted by Gasteiger charge is 2.28. The maximum absolute atomic E-state index is 12.0. The summed E-state index contributed by atoms with van der Waals surface area (Å²) >= 11 is 0. The monoisotopic (exact) mass is 413 g/mol. The van der Waals surface area contributed by atoms with Crippen LogP contribution in [0, 0.1) is 17.2 Å². The number of carbonyl (C=O) groups is 1. The lowest BCUT2D eigenvalue weighted by molar-refractivity contribution is -0.117. The van der Waals surface area contributed by atoms with Gasteiger partial charge in [0.1, 0.15) is 6.61 Å². The number of Topliss-reactive ketones (excluding diaryl/α,β-unsaturated/α-hetero) is 1. The van der Waals surface area contributed by atoms with Gasteiger partial charge in [-0.1, -0.05) is 19.1 Å². The van der Waals surface area contributed by atoms with Crippen molar-refractivity contribution in [3.63, 3.8) is 0 Å². The Labute approximate surface area is 182 Å². The minimum Gasteiger partial charge on any atom is -0.374 e. The molecule has 0 spiro atoms. The molecule has 0 bridgehead atoms. The van der Waals surface area contributed by atoms with E-state index in [2.05, 4.69) is 41.0 Å². The summed E-state index contributed by atoms with van der Waals surface area (Å²) in [6.07, 6.45) is 6.62. The van der Waals surface area contributed by atoms with Gasteiger partial charge in [0.05, 0.1) is 5.71 Å². The van der Waals surface area contributed by atoms with Crippen LogP contribution in [0.25, 0.3) is 0 Å². The number of aryl methyl sites for hydroxylation is 1. The highest BCUT2D eigenvalue weighted by atomic mass is 16.5. The van der Waals surface area contributed by atoms with E-state index in [9.17, 15) is 4.79 Å². The van der Waals surface area contributed by atoms with Crippen molar-refractivity contribution in [1.82, 2.24) is 4.90 Å². The molecular formula is C25H39N3O2. The van der Waals surface area contributed by atoms with E-state index in [4.69, 9.17) is 10.1 Å². The van der Waals surface area contributed by atoms with Crippen molar-refractivity contribution in [3.8, 4) is 0 Å². The summed E-state index contributed by atoms with van der Waals surface area (Å²) < 4.78 is 5.18. The molecule has 2 aliphatic rings. The molecule has 0 atom stereocenters. The summed E-state index contributed by atoms with van der Waals surface area (Å²) in [5.41, 5.74) is 3.08. The third-order valence-electron chi connectivity index (χ3n) is 6.90. The number of anilines is 1. The normalized spacial score (nSPS) is 22.8. The minimum atomic E-state index is -0.123. The minimum absolute atomic E-state index is 0.0734. The van der Waals surface area contributed by atoms with Crippen molar-refractivity contribution < 1.29 is 9.53 Å². The molecule has 1 aromatic rings. The van der Waals surface area contributed by atoms with Crippen molar-refractivity contribution in [1.29, 1.82) is 5.41 Å². The zero-order valence-electron chi connectivity index (χ0n) is 18.9. The van der Waals surface area contributed by atoms with Gasteiger partial charge >= 0.3 is 0 Å². The van der Waals surface area contributed by atoms with Crippen molar-refractivity contribution in [2.45, 2.75) is 52.4 Å². The van der Waals surface area contributed by atoms with E-state index in [1.54, 1.807) is 0 Å². The summed E-state index contributed by atoms with van der Waals surface area (Å²) in [7, 11) is 0. The van der Waals surface area contributed by atoms with E-state index in [0.29, 0.717) is 12.3 Å². The first-order valence-corrected chi connectivity index (χ1v) is 11.9. The molecule has 3 rings (SSSR count). The van der Waals surface area contributed by atoms with Crippen LogP contribution >= 0.6 is 0 Å². The molecule has 1 N–H and O–H groups in total. The Hall–Kier alpha value is -1.72. The molecule has 0 unspecified atom stereocenters. The van der Waals surface area contributed by atoms with Gasteiger partial charge in [0.2, 0.25) is 5.78 Å². The molecule has 1 aliphatic heterocycles. The Morgan fingerprint density at radius 2 is 1.83 bits per heavy atom. The van der Waals surface area contributed by atoms with Crippen LogP contribution in [0.2, 0.25) is 0 Å². The van der Waals surface area contributed by atoms with E-state index in [1.165, 1.54) is 24.2 Å². The van der Waals surface area contributed by atoms with E-state index in [-0.39, 0.29) is 18.3 Å². The third-order valence-corrected chi connectivity index (χ3v) is 6.90. The predicted molar refractivity (Wildman–Crippen MR) is 124 cm³/mol. The van der Waals surface area contributed by atoms with Gasteiger partial charge in [-0.3, -0.25) is 9.69 Å². The van der Waals surface area contributed by atoms with Crippen molar-refractivity contribution in [3.05, 3.63) is 29.8 Å². The molecule has 1 aromatic carbocycles. The summed E-state index contributed by atoms with van der Waals surface area (Å²) in [4.78, 5) is 17.2. The lowest BCUT2D eigenvalue weighted by Crippen LogP contribution is -2.47. The van der Waals surface area contributed by atoms with Gasteiger partial charge in [0, 0.05) is 44.4 Å². The fourth-order valence-corrected chi connectivity index (χ4v) is 4.81. The molecule has 5 nitrogen and oxygen atoms in total. The van der Waals surface area contributed by atoms with Gasteiger partial charge in [0.25, 0.3) is 0 Å². The second-order valence-corrected chi connectivity index (χ2v) is 8.83. The lowest BCUT2D eigenvalue weighted by Gasteiger charge is -2.37. The predicted octanol–water partition coefficient (Wildman–Crippen LogP) is 4.19. The van der Waals surface area contributed by atoms with Gasteiger partial charge < -0.3 is 15.0 Å². The smallest absolute Gasteiger partial charge is 0.202 e. The van der Waals surface area contributed by atoms with Gasteiger partial charge in [-0.05, 0) is 75.6 Å². The zero-order chi connectivity index (χ0) is 21.3. The molecule has 1 saturated heterocycles. The van der Waals surface area contributed by atoms with Crippen LogP contribution in [0.4, 0.5) is 5.69 Å². The van der Waals surface area contributed by atoms with E-state index < -0.39 is 0 Å². The SMILES string of the molecule is CCOCC(=O)C(=N)C1CCC(CCN2CCN(c3cccc(CC)c3)CC2)CC1. The summed E-state index contributed by atoms with van der Waals surface area (Å²) in [5.74, 6) is 0.773. The Kier molecular flexibility index (Phi) is 8.88. The van der Waals surface area contributed by atoms with Gasteiger partial charge in [0.15, 0.2) is 0 Å². The Morgan fingerprint density at radius 1 is 1.10 bits per heavy atom. The highest BCUT2D eigenvalue weighted by molar-refractivity contribution is 6.39. The number of ether oxygens (including phenoxy) is 1. The number of hydrogen-bond donors (Lipinski definition) is 1. The molecule has 1 saturated carbocycles. The van der Waals surface area contributed by atoms with E-state index in [1.807, 2.05) is 6.92 Å². The maximum Gasteiger partial charge on any atom is 0.202 e. The van der Waals surface area contributed by atoms with Gasteiger partial charge in [-0.25, -0.2) is 0 Å². The first-order valence-electron chi connectivity index (χ1n) is 11.9. The summed E-state index contributed by atoms with van der Waals surface area (Å²) in [6, 6.07) is 8.97. The fraction of sp³-hybridized carbons (Fsp3) is 0.680. The maximum atomic E-state index is 12.0. The third kappa shape index (κ3) is 6.39. The van der Waals surface area contributed by atoms with Crippen LogP contribution in [0.5, 0.6) is 0 Å². The molecule has 166 valence electrons. The average Bonchev–Trinajstić information content (AvgIpc) is 2.81. The van der Waals surface area contributed by atoms with Crippen LogP contribution in [0.15, 0.2) is 24.3 Å². The van der Waals surface area contributed by atoms with Crippen LogP contribution in [0.3, 0.4) is 0 Å². The van der Waals surface area contributed by atoms with Crippen molar-refractivity contribution in [2.24, 2.45) is 11.8 Å². The molecule has 0 aromatic heterocycles. The van der Waals surface area contributed by atoms with Gasteiger partial charge in [-0.2, -0.15) is 0 Å². The number of nitrogens with zero attached hydrogens (tertiary/aromatic N) is 2. The Balaban J connectivity index is 1.35. The molecule has 1 heterocycles. The Morgan fingerprint density at radius 3 is 2.50 bits per heavy atom. The van der Waals surface area contributed by atoms with Crippen LogP contribution in [0.1, 0.15) is 51.5 Å². The number of carbonyl (C=O) groups excluding carboxylic acids is 1. The zero-order valence-corrected chi connectivity index (χ0v) is 18.9. The standard InChI is InChI=1S/C25H39N3O2/c1-3-20-6-5-7-23(18-20)28-16-14-27(15-17-28)13-12-21-8-10-22(11-9-21)25(26)24(29)19-30-4-2/h5-7,18,21-22,26H,3-4,8-17,19H2,1-2H3. The quantitative estimate of drug-likeness (QED) is 0.584. The highest BCUT2D eigenvalue weighted by Crippen LogP contribution is 2.32. The van der Waals surface area contributed by atoms with E-state index in [0.717, 1.165) is 64.2 Å². The molecule has 0 radical (unpaired) electrons. The molecule has 0 amide bonds. The number of ketones is 1. The summed E-state index contributed by atoms with van der Waals surface area (Å²) in [5, 5.41) is 8.17. The van der Waals surface area contributed by atoms with Crippen molar-refractivity contribution >= 4 is 17.2 Å². The fourth-order valence-electron chi connectivity index (χ4n) is 4.81. The van der Waals surface area contributed by atoms with E-state index >= 15 is 0 Å². The molecule has 1 aliphatic carbocycles. The van der Waals surface area contributed by atoms with Gasteiger partial charge in [-0.15, -0.1) is 0 Å². The van der Waals surface area contributed by atoms with Crippen LogP contribution in [-0.2, 0) is 16.0 Å². The number of hydrogen-bond acceptors (Lipinski definition) is 5. The van der Waals surface area contributed by atoms with Crippen LogP contribution < -0.4 is 4.90 Å². The van der Waals surface area contributed by atoms with Crippen molar-refractivity contribution in [2.75, 3.05) is 50.8 Å². The lowest BCUT2D eigenvalue weighted by atomic mass is 9.77. The number of benzene rings is 1. The molecule has 5 heteroatoms. The number of nitrogens with one attached hydrogen (secondary N) is 1.